The molecular formula is C25H36N2O4. The van der Waals surface area contributed by atoms with E-state index in [1.165, 1.54) is 6.07 Å². The third-order valence-corrected chi connectivity index (χ3v) is 5.46. The summed E-state index contributed by atoms with van der Waals surface area (Å²) in [5.41, 5.74) is 0.705. The highest BCUT2D eigenvalue weighted by Crippen LogP contribution is 2.22. The molecule has 170 valence electrons. The van der Waals surface area contributed by atoms with E-state index in [9.17, 15) is 14.4 Å². The second-order valence-electron chi connectivity index (χ2n) is 8.90. The number of H-pyrrole nitrogens is 1. The van der Waals surface area contributed by atoms with Crippen LogP contribution in [0.5, 0.6) is 0 Å². The van der Waals surface area contributed by atoms with Gasteiger partial charge in [0.05, 0.1) is 18.2 Å². The van der Waals surface area contributed by atoms with E-state index in [0.717, 1.165) is 37.7 Å². The van der Waals surface area contributed by atoms with Gasteiger partial charge in [0.15, 0.2) is 0 Å². The van der Waals surface area contributed by atoms with Crippen molar-refractivity contribution in [1.29, 1.82) is 0 Å². The molecule has 1 unspecified atom stereocenters. The van der Waals surface area contributed by atoms with E-state index < -0.39 is 0 Å². The lowest BCUT2D eigenvalue weighted by Gasteiger charge is -2.21. The van der Waals surface area contributed by atoms with Crippen LogP contribution in [0.2, 0.25) is 0 Å². The summed E-state index contributed by atoms with van der Waals surface area (Å²) in [6.07, 6.45) is 4.31. The third kappa shape index (κ3) is 7.85. The number of nitrogens with zero attached hydrogens (tertiary/aromatic N) is 1. The van der Waals surface area contributed by atoms with Gasteiger partial charge >= 0.3 is 11.7 Å². The Kier molecular flexibility index (Phi) is 9.76. The molecule has 0 aliphatic heterocycles. The molecule has 0 radical (unpaired) electrons. The minimum atomic E-state index is -0.390. The number of unbranched alkanes of at least 4 members (excludes halogenated alkanes) is 3. The van der Waals surface area contributed by atoms with E-state index in [4.69, 9.17) is 4.74 Å². The van der Waals surface area contributed by atoms with Crippen molar-refractivity contribution in [3.8, 4) is 11.3 Å². The smallest absolute Gasteiger partial charge is 0.328 e. The second kappa shape index (κ2) is 12.3. The molecule has 1 aromatic heterocycles. The van der Waals surface area contributed by atoms with E-state index >= 15 is 0 Å². The van der Waals surface area contributed by atoms with Gasteiger partial charge in [-0.15, -0.1) is 0 Å². The predicted molar refractivity (Wildman–Crippen MR) is 124 cm³/mol. The number of carbonyl (C=O) groups excluding carboxylic acids is 1. The van der Waals surface area contributed by atoms with Crippen LogP contribution in [0.4, 0.5) is 0 Å². The fourth-order valence-corrected chi connectivity index (χ4v) is 3.74. The van der Waals surface area contributed by atoms with Crippen molar-refractivity contribution in [3.05, 3.63) is 57.2 Å². The van der Waals surface area contributed by atoms with E-state index in [1.54, 1.807) is 4.57 Å². The molecule has 1 N–H and O–H groups in total. The van der Waals surface area contributed by atoms with Crippen LogP contribution in [0.25, 0.3) is 11.3 Å². The summed E-state index contributed by atoms with van der Waals surface area (Å²) in [5, 5.41) is 0. The first kappa shape index (κ1) is 24.6. The van der Waals surface area contributed by atoms with Crippen molar-refractivity contribution in [1.82, 2.24) is 9.55 Å². The lowest BCUT2D eigenvalue weighted by atomic mass is 9.88. The van der Waals surface area contributed by atoms with Crippen LogP contribution in [0, 0.1) is 17.8 Å². The molecule has 6 heteroatoms. The molecule has 0 aliphatic rings. The van der Waals surface area contributed by atoms with Crippen LogP contribution in [0.1, 0.15) is 59.8 Å². The fourth-order valence-electron chi connectivity index (χ4n) is 3.74. The first-order chi connectivity index (χ1) is 14.8. The number of esters is 1. The van der Waals surface area contributed by atoms with Gasteiger partial charge in [-0.2, -0.15) is 0 Å². The van der Waals surface area contributed by atoms with Gasteiger partial charge in [-0.1, -0.05) is 64.4 Å². The second-order valence-corrected chi connectivity index (χ2v) is 8.90. The lowest BCUT2D eigenvalue weighted by Crippen LogP contribution is -2.30. The number of benzene rings is 1. The highest BCUT2D eigenvalue weighted by Gasteiger charge is 2.24. The maximum atomic E-state index is 12.3. The third-order valence-electron chi connectivity index (χ3n) is 5.46. The number of nitrogens with one attached hydrogen (secondary N) is 1. The Hall–Kier alpha value is -2.63. The van der Waals surface area contributed by atoms with Crippen molar-refractivity contribution in [2.75, 3.05) is 6.61 Å². The molecule has 6 nitrogen and oxygen atoms in total. The van der Waals surface area contributed by atoms with Crippen molar-refractivity contribution in [2.45, 2.75) is 66.3 Å². The zero-order chi connectivity index (χ0) is 22.8. The molecule has 0 spiro atoms. The average molecular weight is 429 g/mol. The highest BCUT2D eigenvalue weighted by molar-refractivity contribution is 5.72. The standard InChI is InChI=1S/C25H36N2O4/c1-18(2)16-21(19(3)4)24(29)31-15-11-6-5-10-14-27-22(17-23(28)26-25(27)30)20-12-8-7-9-13-20/h7-9,12-13,17-19,21H,5-6,10-11,14-16H2,1-4H3,(H,26,28,30). The van der Waals surface area contributed by atoms with E-state index in [1.807, 2.05) is 30.3 Å². The number of hydrogen-bond donors (Lipinski definition) is 1. The summed E-state index contributed by atoms with van der Waals surface area (Å²) in [6.45, 7) is 9.35. The van der Waals surface area contributed by atoms with Gasteiger partial charge in [-0.3, -0.25) is 19.1 Å². The number of ether oxygens (including phenoxy) is 1. The highest BCUT2D eigenvalue weighted by atomic mass is 16.5. The van der Waals surface area contributed by atoms with Crippen molar-refractivity contribution >= 4 is 5.97 Å². The zero-order valence-electron chi connectivity index (χ0n) is 19.2. The molecule has 0 amide bonds. The Morgan fingerprint density at radius 2 is 1.68 bits per heavy atom. The van der Waals surface area contributed by atoms with Crippen molar-refractivity contribution in [3.63, 3.8) is 0 Å². The van der Waals surface area contributed by atoms with Crippen LogP contribution in [-0.2, 0) is 16.1 Å². The maximum absolute atomic E-state index is 12.3. The SMILES string of the molecule is CC(C)CC(C(=O)OCCCCCCn1c(-c2ccccc2)cc(=O)[nH]c1=O)C(C)C. The molecule has 0 bridgehead atoms. The minimum absolute atomic E-state index is 0.0384. The van der Waals surface area contributed by atoms with Gasteiger partial charge in [-0.05, 0) is 43.1 Å². The lowest BCUT2D eigenvalue weighted by molar-refractivity contribution is -0.151. The zero-order valence-corrected chi connectivity index (χ0v) is 19.2. The van der Waals surface area contributed by atoms with Gasteiger partial charge < -0.3 is 4.74 Å². The number of rotatable bonds is 12. The Bertz CT molecular complexity index is 929. The monoisotopic (exact) mass is 428 g/mol. The maximum Gasteiger partial charge on any atom is 0.328 e. The van der Waals surface area contributed by atoms with Gasteiger partial charge in [0.25, 0.3) is 5.56 Å². The largest absolute Gasteiger partial charge is 0.465 e. The van der Waals surface area contributed by atoms with E-state index in [-0.39, 0.29) is 29.1 Å². The Labute approximate surface area is 184 Å². The van der Waals surface area contributed by atoms with Crippen molar-refractivity contribution < 1.29 is 9.53 Å². The molecule has 0 aliphatic carbocycles. The van der Waals surface area contributed by atoms with Crippen LogP contribution in [0.15, 0.2) is 46.0 Å². The van der Waals surface area contributed by atoms with Gasteiger partial charge in [0.1, 0.15) is 0 Å². The quantitative estimate of drug-likeness (QED) is 0.395. The number of hydrogen-bond acceptors (Lipinski definition) is 4. The van der Waals surface area contributed by atoms with Crippen LogP contribution in [0.3, 0.4) is 0 Å². The summed E-state index contributed by atoms with van der Waals surface area (Å²) in [5.74, 6) is 0.626. The summed E-state index contributed by atoms with van der Waals surface area (Å²) in [6, 6.07) is 10.9. The van der Waals surface area contributed by atoms with Gasteiger partial charge in [0.2, 0.25) is 0 Å². The summed E-state index contributed by atoms with van der Waals surface area (Å²) >= 11 is 0. The molecule has 1 heterocycles. The summed E-state index contributed by atoms with van der Waals surface area (Å²) in [4.78, 5) is 38.8. The van der Waals surface area contributed by atoms with Crippen LogP contribution in [-0.4, -0.2) is 22.1 Å². The number of carbonyl (C=O) groups is 1. The molecule has 0 fully saturated rings. The van der Waals surface area contributed by atoms with Crippen LogP contribution < -0.4 is 11.2 Å². The normalized spacial score (nSPS) is 12.3. The van der Waals surface area contributed by atoms with Gasteiger partial charge in [-0.25, -0.2) is 4.79 Å². The van der Waals surface area contributed by atoms with Crippen LogP contribution >= 0.6 is 0 Å². The molecule has 1 atom stereocenters. The number of aromatic amines is 1. The summed E-state index contributed by atoms with van der Waals surface area (Å²) in [7, 11) is 0. The minimum Gasteiger partial charge on any atom is -0.465 e. The van der Waals surface area contributed by atoms with E-state index in [2.05, 4.69) is 32.7 Å². The van der Waals surface area contributed by atoms with Gasteiger partial charge in [0, 0.05) is 12.6 Å². The fraction of sp³-hybridized carbons (Fsp3) is 0.560. The molecular weight excluding hydrogens is 392 g/mol. The first-order valence-corrected chi connectivity index (χ1v) is 11.4. The first-order valence-electron chi connectivity index (χ1n) is 11.4. The molecule has 31 heavy (non-hydrogen) atoms. The van der Waals surface area contributed by atoms with Crippen molar-refractivity contribution in [2.24, 2.45) is 17.8 Å². The molecule has 2 aromatic rings. The predicted octanol–water partition coefficient (Wildman–Crippen LogP) is 4.63. The topological polar surface area (TPSA) is 81.2 Å². The molecule has 0 saturated carbocycles. The molecule has 0 saturated heterocycles. The Balaban J connectivity index is 1.81. The molecule has 1 aromatic carbocycles. The Morgan fingerprint density at radius 1 is 1.00 bits per heavy atom. The average Bonchev–Trinajstić information content (AvgIpc) is 2.72. The van der Waals surface area contributed by atoms with E-state index in [0.29, 0.717) is 24.8 Å². The number of aromatic nitrogens is 2. The molecule has 2 rings (SSSR count). The summed E-state index contributed by atoms with van der Waals surface area (Å²) < 4.78 is 7.13. The Morgan fingerprint density at radius 3 is 2.32 bits per heavy atom.